The van der Waals surface area contributed by atoms with E-state index in [0.29, 0.717) is 5.82 Å². The first-order chi connectivity index (χ1) is 11.4. The Morgan fingerprint density at radius 1 is 1.13 bits per heavy atom. The van der Waals surface area contributed by atoms with Gasteiger partial charge in [-0.15, -0.1) is 11.3 Å². The minimum Gasteiger partial charge on any atom is -0.332 e. The summed E-state index contributed by atoms with van der Waals surface area (Å²) in [5.41, 5.74) is 1.05. The average molecular weight is 325 g/mol. The van der Waals surface area contributed by atoms with Crippen LogP contribution in [0.25, 0.3) is 0 Å². The molecule has 4 rings (SSSR count). The molecule has 1 atom stereocenters. The summed E-state index contributed by atoms with van der Waals surface area (Å²) in [5.74, 6) is 1.47. The Hall–Kier alpha value is -2.61. The first-order valence-corrected chi connectivity index (χ1v) is 8.30. The predicted octanol–water partition coefficient (Wildman–Crippen LogP) is 2.81. The van der Waals surface area contributed by atoms with Crippen LogP contribution in [0, 0.1) is 0 Å². The number of nitrogens with zero attached hydrogens (tertiary/aromatic N) is 6. The number of thiazole rings is 1. The van der Waals surface area contributed by atoms with E-state index in [1.165, 1.54) is 0 Å². The summed E-state index contributed by atoms with van der Waals surface area (Å²) in [6, 6.07) is 2.06. The van der Waals surface area contributed by atoms with Crippen molar-refractivity contribution in [2.75, 3.05) is 16.8 Å². The van der Waals surface area contributed by atoms with Gasteiger partial charge in [0.2, 0.25) is 5.95 Å². The zero-order valence-electron chi connectivity index (χ0n) is 12.3. The second-order valence-corrected chi connectivity index (χ2v) is 6.05. The van der Waals surface area contributed by atoms with Gasteiger partial charge in [-0.25, -0.2) is 19.9 Å². The van der Waals surface area contributed by atoms with Gasteiger partial charge in [0.1, 0.15) is 0 Å². The SMILES string of the molecule is c1cnc(N2CCC[C@H]2c2csc(Nc3cnccn3)n2)nc1. The number of aromatic nitrogens is 5. The highest BCUT2D eigenvalue weighted by atomic mass is 32.1. The van der Waals surface area contributed by atoms with Gasteiger partial charge in [0.05, 0.1) is 17.9 Å². The van der Waals surface area contributed by atoms with Crippen LogP contribution in [0.4, 0.5) is 16.9 Å². The van der Waals surface area contributed by atoms with Crippen LogP contribution in [0.15, 0.2) is 42.4 Å². The van der Waals surface area contributed by atoms with Crippen LogP contribution < -0.4 is 10.2 Å². The lowest BCUT2D eigenvalue weighted by atomic mass is 10.2. The van der Waals surface area contributed by atoms with E-state index >= 15 is 0 Å². The molecule has 0 bridgehead atoms. The number of hydrogen-bond donors (Lipinski definition) is 1. The van der Waals surface area contributed by atoms with E-state index in [2.05, 4.69) is 35.5 Å². The average Bonchev–Trinajstić information content (AvgIpc) is 3.25. The zero-order chi connectivity index (χ0) is 15.5. The van der Waals surface area contributed by atoms with Crippen molar-refractivity contribution in [2.45, 2.75) is 18.9 Å². The molecule has 0 amide bonds. The van der Waals surface area contributed by atoms with Crippen molar-refractivity contribution < 1.29 is 0 Å². The van der Waals surface area contributed by atoms with E-state index in [0.717, 1.165) is 36.2 Å². The van der Waals surface area contributed by atoms with Crippen molar-refractivity contribution in [1.82, 2.24) is 24.9 Å². The van der Waals surface area contributed by atoms with Gasteiger partial charge in [0.25, 0.3) is 0 Å². The van der Waals surface area contributed by atoms with Crippen LogP contribution in [-0.2, 0) is 0 Å². The van der Waals surface area contributed by atoms with Crippen molar-refractivity contribution in [2.24, 2.45) is 0 Å². The first-order valence-electron chi connectivity index (χ1n) is 7.42. The van der Waals surface area contributed by atoms with Crippen LogP contribution in [-0.4, -0.2) is 31.5 Å². The second-order valence-electron chi connectivity index (χ2n) is 5.19. The van der Waals surface area contributed by atoms with Gasteiger partial charge in [-0.1, -0.05) is 0 Å². The summed E-state index contributed by atoms with van der Waals surface area (Å²) in [6.45, 7) is 0.957. The van der Waals surface area contributed by atoms with Gasteiger partial charge in [0.15, 0.2) is 10.9 Å². The molecule has 1 N–H and O–H groups in total. The molecule has 0 aliphatic carbocycles. The van der Waals surface area contributed by atoms with E-state index < -0.39 is 0 Å². The van der Waals surface area contributed by atoms with Crippen LogP contribution in [0.5, 0.6) is 0 Å². The largest absolute Gasteiger partial charge is 0.332 e. The van der Waals surface area contributed by atoms with Gasteiger partial charge < -0.3 is 10.2 Å². The molecular formula is C15H15N7S. The van der Waals surface area contributed by atoms with E-state index in [1.54, 1.807) is 42.3 Å². The zero-order valence-corrected chi connectivity index (χ0v) is 13.1. The van der Waals surface area contributed by atoms with Crippen LogP contribution in [0.2, 0.25) is 0 Å². The van der Waals surface area contributed by atoms with E-state index in [9.17, 15) is 0 Å². The molecule has 3 aromatic heterocycles. The number of anilines is 3. The van der Waals surface area contributed by atoms with Crippen molar-refractivity contribution in [1.29, 1.82) is 0 Å². The monoisotopic (exact) mass is 325 g/mol. The van der Waals surface area contributed by atoms with Gasteiger partial charge in [0, 0.05) is 36.7 Å². The summed E-state index contributed by atoms with van der Waals surface area (Å²) in [7, 11) is 0. The van der Waals surface area contributed by atoms with E-state index in [-0.39, 0.29) is 6.04 Å². The number of nitrogens with one attached hydrogen (secondary N) is 1. The molecule has 0 radical (unpaired) electrons. The minimum atomic E-state index is 0.228. The Balaban J connectivity index is 1.54. The Morgan fingerprint density at radius 2 is 2.04 bits per heavy atom. The highest BCUT2D eigenvalue weighted by Gasteiger charge is 2.29. The van der Waals surface area contributed by atoms with E-state index in [1.807, 2.05) is 6.07 Å². The Bertz CT molecular complexity index is 762. The lowest BCUT2D eigenvalue weighted by molar-refractivity contribution is 0.685. The Morgan fingerprint density at radius 3 is 2.87 bits per heavy atom. The fraction of sp³-hybridized carbons (Fsp3) is 0.267. The third kappa shape index (κ3) is 2.98. The van der Waals surface area contributed by atoms with Gasteiger partial charge in [-0.05, 0) is 18.9 Å². The maximum Gasteiger partial charge on any atom is 0.225 e. The lowest BCUT2D eigenvalue weighted by Crippen LogP contribution is -2.24. The number of rotatable bonds is 4. The molecule has 0 spiro atoms. The maximum atomic E-state index is 4.71. The molecule has 8 heteroatoms. The molecule has 1 saturated heterocycles. The summed E-state index contributed by atoms with van der Waals surface area (Å²) in [5, 5.41) is 6.09. The van der Waals surface area contributed by atoms with Crippen molar-refractivity contribution >= 4 is 28.2 Å². The van der Waals surface area contributed by atoms with E-state index in [4.69, 9.17) is 4.98 Å². The summed E-state index contributed by atoms with van der Waals surface area (Å²) in [4.78, 5) is 23.9. The van der Waals surface area contributed by atoms with Crippen molar-refractivity contribution in [3.63, 3.8) is 0 Å². The molecule has 4 heterocycles. The first kappa shape index (κ1) is 14.0. The van der Waals surface area contributed by atoms with Gasteiger partial charge in [-0.3, -0.25) is 4.98 Å². The molecule has 0 saturated carbocycles. The smallest absolute Gasteiger partial charge is 0.225 e. The summed E-state index contributed by atoms with van der Waals surface area (Å²) in [6.07, 6.45) is 10.7. The van der Waals surface area contributed by atoms with Gasteiger partial charge >= 0.3 is 0 Å². The molecule has 0 unspecified atom stereocenters. The molecule has 1 aliphatic heterocycles. The van der Waals surface area contributed by atoms with Crippen molar-refractivity contribution in [3.05, 3.63) is 48.1 Å². The maximum absolute atomic E-state index is 4.71. The van der Waals surface area contributed by atoms with Crippen molar-refractivity contribution in [3.8, 4) is 0 Å². The number of hydrogen-bond acceptors (Lipinski definition) is 8. The van der Waals surface area contributed by atoms with Crippen LogP contribution >= 0.6 is 11.3 Å². The van der Waals surface area contributed by atoms with Crippen LogP contribution in [0.3, 0.4) is 0 Å². The molecule has 1 aliphatic rings. The Labute approximate surface area is 137 Å². The fourth-order valence-corrected chi connectivity index (χ4v) is 3.49. The standard InChI is InChI=1S/C15H15N7S/c1-3-12(22(8-1)14-18-4-2-5-19-14)11-10-23-15(20-11)21-13-9-16-6-7-17-13/h2,4-7,9-10,12H,1,3,8H2,(H,17,20,21)/t12-/m0/s1. The lowest BCUT2D eigenvalue weighted by Gasteiger charge is -2.22. The molecule has 3 aromatic rings. The molecule has 1 fully saturated rings. The quantitative estimate of drug-likeness (QED) is 0.790. The molecule has 7 nitrogen and oxygen atoms in total. The minimum absolute atomic E-state index is 0.228. The Kier molecular flexibility index (Phi) is 3.81. The third-order valence-electron chi connectivity index (χ3n) is 3.72. The molecule has 116 valence electrons. The highest BCUT2D eigenvalue weighted by Crippen LogP contribution is 2.35. The van der Waals surface area contributed by atoms with Gasteiger partial charge in [-0.2, -0.15) is 0 Å². The molecular weight excluding hydrogens is 310 g/mol. The van der Waals surface area contributed by atoms with Crippen LogP contribution in [0.1, 0.15) is 24.6 Å². The summed E-state index contributed by atoms with van der Waals surface area (Å²) < 4.78 is 0. The normalized spacial score (nSPS) is 17.4. The fourth-order valence-electron chi connectivity index (χ4n) is 2.72. The third-order valence-corrected chi connectivity index (χ3v) is 4.50. The highest BCUT2D eigenvalue weighted by molar-refractivity contribution is 7.13. The topological polar surface area (TPSA) is 79.7 Å². The second kappa shape index (κ2) is 6.25. The molecule has 0 aromatic carbocycles. The summed E-state index contributed by atoms with van der Waals surface area (Å²) >= 11 is 1.57. The molecule has 23 heavy (non-hydrogen) atoms. The predicted molar refractivity (Wildman–Crippen MR) is 88.8 cm³/mol.